The van der Waals surface area contributed by atoms with Gasteiger partial charge < -0.3 is 10.4 Å². The van der Waals surface area contributed by atoms with Crippen molar-refractivity contribution in [1.29, 1.82) is 0 Å². The van der Waals surface area contributed by atoms with Gasteiger partial charge in [-0.05, 0) is 18.9 Å². The molecule has 1 aromatic carbocycles. The Bertz CT molecular complexity index is 373. The third kappa shape index (κ3) is 3.79. The second kappa shape index (κ2) is 6.30. The molecule has 1 aliphatic rings. The van der Waals surface area contributed by atoms with Gasteiger partial charge in [0.25, 0.3) is 0 Å². The normalized spacial score (nSPS) is 19.4. The van der Waals surface area contributed by atoms with E-state index in [9.17, 15) is 9.50 Å². The highest BCUT2D eigenvalue weighted by Gasteiger charge is 2.27. The highest BCUT2D eigenvalue weighted by Crippen LogP contribution is 2.26. The highest BCUT2D eigenvalue weighted by atomic mass is 19.1. The lowest BCUT2D eigenvalue weighted by Gasteiger charge is -2.27. The molecule has 1 saturated carbocycles. The lowest BCUT2D eigenvalue weighted by molar-refractivity contribution is 0.0250. The molecular formula is C15H22FNO. The molecule has 0 bridgehead atoms. The molecule has 100 valence electrons. The Morgan fingerprint density at radius 3 is 2.44 bits per heavy atom. The van der Waals surface area contributed by atoms with Crippen LogP contribution in [0.4, 0.5) is 4.39 Å². The summed E-state index contributed by atoms with van der Waals surface area (Å²) in [6.07, 6.45) is 6.34. The zero-order valence-electron chi connectivity index (χ0n) is 10.8. The Hall–Kier alpha value is -0.930. The Morgan fingerprint density at radius 1 is 1.11 bits per heavy atom. The molecule has 2 nitrogen and oxygen atoms in total. The van der Waals surface area contributed by atoms with Crippen molar-refractivity contribution in [1.82, 2.24) is 5.32 Å². The quantitative estimate of drug-likeness (QED) is 0.806. The second-order valence-corrected chi connectivity index (χ2v) is 5.33. The van der Waals surface area contributed by atoms with E-state index in [1.54, 1.807) is 12.1 Å². The van der Waals surface area contributed by atoms with Gasteiger partial charge in [0.05, 0.1) is 5.60 Å². The average molecular weight is 251 g/mol. The minimum absolute atomic E-state index is 0.183. The number of benzene rings is 1. The fourth-order valence-electron chi connectivity index (χ4n) is 2.64. The maximum atomic E-state index is 13.4. The molecule has 0 aromatic heterocycles. The van der Waals surface area contributed by atoms with Gasteiger partial charge >= 0.3 is 0 Å². The van der Waals surface area contributed by atoms with E-state index in [0.29, 0.717) is 18.7 Å². The SMILES string of the molecule is OC1(CNCc2ccccc2F)CCCCCC1. The molecule has 3 heteroatoms. The molecule has 1 aromatic rings. The maximum Gasteiger partial charge on any atom is 0.127 e. The Balaban J connectivity index is 1.82. The zero-order chi connectivity index (χ0) is 12.8. The van der Waals surface area contributed by atoms with Gasteiger partial charge in [0.1, 0.15) is 5.82 Å². The summed E-state index contributed by atoms with van der Waals surface area (Å²) in [6.45, 7) is 1.04. The van der Waals surface area contributed by atoms with Crippen LogP contribution < -0.4 is 5.32 Å². The van der Waals surface area contributed by atoms with Crippen LogP contribution in [0.1, 0.15) is 44.1 Å². The molecule has 2 N–H and O–H groups in total. The van der Waals surface area contributed by atoms with Crippen LogP contribution in [0, 0.1) is 5.82 Å². The fourth-order valence-corrected chi connectivity index (χ4v) is 2.64. The predicted molar refractivity (Wildman–Crippen MR) is 70.8 cm³/mol. The van der Waals surface area contributed by atoms with E-state index in [1.165, 1.54) is 18.9 Å². The molecule has 2 rings (SSSR count). The van der Waals surface area contributed by atoms with E-state index in [-0.39, 0.29) is 5.82 Å². The third-order valence-electron chi connectivity index (χ3n) is 3.76. The molecule has 0 amide bonds. The van der Waals surface area contributed by atoms with Crippen LogP contribution in [0.3, 0.4) is 0 Å². The number of rotatable bonds is 4. The largest absolute Gasteiger partial charge is 0.389 e. The molecule has 18 heavy (non-hydrogen) atoms. The van der Waals surface area contributed by atoms with Gasteiger partial charge in [-0.15, -0.1) is 0 Å². The Kier molecular flexibility index (Phi) is 4.72. The van der Waals surface area contributed by atoms with Crippen LogP contribution in [-0.4, -0.2) is 17.3 Å². The van der Waals surface area contributed by atoms with E-state index in [1.807, 2.05) is 6.07 Å². The first kappa shape index (κ1) is 13.5. The van der Waals surface area contributed by atoms with Gasteiger partial charge in [0.15, 0.2) is 0 Å². The van der Waals surface area contributed by atoms with E-state index < -0.39 is 5.60 Å². The summed E-state index contributed by atoms with van der Waals surface area (Å²) in [5.74, 6) is -0.183. The summed E-state index contributed by atoms with van der Waals surface area (Å²) in [5.41, 5.74) is 0.0663. The first-order valence-corrected chi connectivity index (χ1v) is 6.86. The van der Waals surface area contributed by atoms with Gasteiger partial charge in [-0.25, -0.2) is 4.39 Å². The maximum absolute atomic E-state index is 13.4. The van der Waals surface area contributed by atoms with Crippen molar-refractivity contribution in [3.63, 3.8) is 0 Å². The molecule has 0 radical (unpaired) electrons. The van der Waals surface area contributed by atoms with Crippen molar-refractivity contribution in [3.8, 4) is 0 Å². The van der Waals surface area contributed by atoms with Crippen LogP contribution in [0.5, 0.6) is 0 Å². The fraction of sp³-hybridized carbons (Fsp3) is 0.600. The molecule has 0 saturated heterocycles. The van der Waals surface area contributed by atoms with Gasteiger partial charge in [-0.1, -0.05) is 43.9 Å². The molecule has 1 aliphatic carbocycles. The van der Waals surface area contributed by atoms with Crippen LogP contribution in [-0.2, 0) is 6.54 Å². The summed E-state index contributed by atoms with van der Waals surface area (Å²) >= 11 is 0. The summed E-state index contributed by atoms with van der Waals surface area (Å²) in [7, 11) is 0. The van der Waals surface area contributed by atoms with Crippen LogP contribution in [0.25, 0.3) is 0 Å². The Labute approximate surface area is 108 Å². The number of aliphatic hydroxyl groups is 1. The van der Waals surface area contributed by atoms with Crippen molar-refractivity contribution in [2.75, 3.05) is 6.54 Å². The van der Waals surface area contributed by atoms with Crippen molar-refractivity contribution < 1.29 is 9.50 Å². The lowest BCUT2D eigenvalue weighted by Crippen LogP contribution is -2.40. The van der Waals surface area contributed by atoms with E-state index in [4.69, 9.17) is 0 Å². The zero-order valence-corrected chi connectivity index (χ0v) is 10.8. The summed E-state index contributed by atoms with van der Waals surface area (Å²) in [4.78, 5) is 0. The van der Waals surface area contributed by atoms with Crippen molar-refractivity contribution >= 4 is 0 Å². The van der Waals surface area contributed by atoms with Gasteiger partial charge in [-0.2, -0.15) is 0 Å². The Morgan fingerprint density at radius 2 is 1.78 bits per heavy atom. The van der Waals surface area contributed by atoms with Crippen molar-refractivity contribution in [2.45, 2.75) is 50.7 Å². The standard InChI is InChI=1S/C15H22FNO/c16-14-8-4-3-7-13(14)11-17-12-15(18)9-5-1-2-6-10-15/h3-4,7-8,17-18H,1-2,5-6,9-12H2. The lowest BCUT2D eigenvalue weighted by atomic mass is 9.94. The molecule has 0 aliphatic heterocycles. The monoisotopic (exact) mass is 251 g/mol. The molecule has 0 spiro atoms. The summed E-state index contributed by atoms with van der Waals surface area (Å²) in [5, 5.41) is 13.6. The minimum Gasteiger partial charge on any atom is -0.389 e. The summed E-state index contributed by atoms with van der Waals surface area (Å²) < 4.78 is 13.4. The van der Waals surface area contributed by atoms with E-state index >= 15 is 0 Å². The number of halogens is 1. The number of hydrogen-bond donors (Lipinski definition) is 2. The smallest absolute Gasteiger partial charge is 0.127 e. The van der Waals surface area contributed by atoms with Crippen LogP contribution in [0.15, 0.2) is 24.3 Å². The molecule has 0 heterocycles. The van der Waals surface area contributed by atoms with Crippen molar-refractivity contribution in [2.24, 2.45) is 0 Å². The molecule has 0 atom stereocenters. The molecule has 1 fully saturated rings. The molecule has 0 unspecified atom stereocenters. The van der Waals surface area contributed by atoms with Crippen LogP contribution in [0.2, 0.25) is 0 Å². The van der Waals surface area contributed by atoms with Gasteiger partial charge in [-0.3, -0.25) is 0 Å². The number of hydrogen-bond acceptors (Lipinski definition) is 2. The van der Waals surface area contributed by atoms with E-state index in [0.717, 1.165) is 25.7 Å². The van der Waals surface area contributed by atoms with E-state index in [2.05, 4.69) is 5.32 Å². The van der Waals surface area contributed by atoms with Gasteiger partial charge in [0.2, 0.25) is 0 Å². The number of nitrogens with one attached hydrogen (secondary N) is 1. The first-order chi connectivity index (χ1) is 8.70. The predicted octanol–water partition coefficient (Wildman–Crippen LogP) is 3.00. The summed E-state index contributed by atoms with van der Waals surface area (Å²) in [6, 6.07) is 6.77. The first-order valence-electron chi connectivity index (χ1n) is 6.86. The van der Waals surface area contributed by atoms with Crippen LogP contribution >= 0.6 is 0 Å². The third-order valence-corrected chi connectivity index (χ3v) is 3.76. The second-order valence-electron chi connectivity index (χ2n) is 5.33. The highest BCUT2D eigenvalue weighted by molar-refractivity contribution is 5.16. The molecular weight excluding hydrogens is 229 g/mol. The average Bonchev–Trinajstić information content (AvgIpc) is 2.57. The van der Waals surface area contributed by atoms with Crippen molar-refractivity contribution in [3.05, 3.63) is 35.6 Å². The minimum atomic E-state index is -0.595. The van der Waals surface area contributed by atoms with Gasteiger partial charge in [0, 0.05) is 18.7 Å². The topological polar surface area (TPSA) is 32.3 Å².